The maximum Gasteiger partial charge on any atom is 0.0385 e. The van der Waals surface area contributed by atoms with Gasteiger partial charge in [-0.3, -0.25) is 0 Å². The normalized spacial score (nSPS) is 11.9. The summed E-state index contributed by atoms with van der Waals surface area (Å²) in [6.07, 6.45) is 2.14. The molecule has 18 heavy (non-hydrogen) atoms. The first-order valence-electron chi connectivity index (χ1n) is 6.26. The Morgan fingerprint density at radius 2 is 1.39 bits per heavy atom. The Balaban J connectivity index is 2.00. The van der Waals surface area contributed by atoms with Gasteiger partial charge in [-0.25, -0.2) is 0 Å². The second kappa shape index (κ2) is 6.10. The highest BCUT2D eigenvalue weighted by Crippen LogP contribution is 2.19. The van der Waals surface area contributed by atoms with E-state index < -0.39 is 0 Å². The summed E-state index contributed by atoms with van der Waals surface area (Å²) in [4.78, 5) is 0. The van der Waals surface area contributed by atoms with Crippen molar-refractivity contribution < 1.29 is 0 Å². The summed E-state index contributed by atoms with van der Waals surface area (Å²) in [5.41, 5.74) is 3.34. The van der Waals surface area contributed by atoms with E-state index in [4.69, 9.17) is 0 Å². The first-order chi connectivity index (χ1) is 8.78. The van der Waals surface area contributed by atoms with E-state index in [1.54, 1.807) is 0 Å². The molecule has 2 N–H and O–H groups in total. The highest BCUT2D eigenvalue weighted by molar-refractivity contribution is 5.62. The Labute approximate surface area is 109 Å². The summed E-state index contributed by atoms with van der Waals surface area (Å²) in [6.45, 7) is 4.19. The lowest BCUT2D eigenvalue weighted by molar-refractivity contribution is 0.918. The third-order valence-corrected chi connectivity index (χ3v) is 2.84. The van der Waals surface area contributed by atoms with Crippen LogP contribution in [-0.4, -0.2) is 6.04 Å². The molecule has 1 atom stereocenters. The van der Waals surface area contributed by atoms with Crippen molar-refractivity contribution in [2.75, 3.05) is 10.6 Å². The van der Waals surface area contributed by atoms with Crippen LogP contribution in [0.25, 0.3) is 0 Å². The number of nitrogens with one attached hydrogen (secondary N) is 2. The van der Waals surface area contributed by atoms with Crippen LogP contribution >= 0.6 is 0 Å². The summed E-state index contributed by atoms with van der Waals surface area (Å²) < 4.78 is 0. The highest BCUT2D eigenvalue weighted by Gasteiger charge is 1.99. The molecular weight excluding hydrogens is 220 g/mol. The fourth-order valence-electron chi connectivity index (χ4n) is 1.68. The van der Waals surface area contributed by atoms with Gasteiger partial charge in [0, 0.05) is 23.1 Å². The zero-order valence-corrected chi connectivity index (χ0v) is 10.9. The van der Waals surface area contributed by atoms with Gasteiger partial charge < -0.3 is 10.6 Å². The van der Waals surface area contributed by atoms with Crippen LogP contribution in [0.5, 0.6) is 0 Å². The third kappa shape index (κ3) is 3.52. The smallest absolute Gasteiger partial charge is 0.0385 e. The van der Waals surface area contributed by atoms with Gasteiger partial charge in [-0.05, 0) is 49.7 Å². The quantitative estimate of drug-likeness (QED) is 0.805. The molecule has 1 radical (unpaired) electrons. The first-order valence-corrected chi connectivity index (χ1v) is 6.26. The molecule has 0 heterocycles. The Morgan fingerprint density at radius 3 is 2.00 bits per heavy atom. The SMILES string of the molecule is C[CH]C(C)Nc1ccc(Nc2ccccc2)cc1. The largest absolute Gasteiger partial charge is 0.382 e. The maximum absolute atomic E-state index is 3.40. The molecule has 2 aromatic rings. The van der Waals surface area contributed by atoms with Gasteiger partial charge in [-0.15, -0.1) is 0 Å². The van der Waals surface area contributed by atoms with Gasteiger partial charge in [0.05, 0.1) is 0 Å². The second-order valence-electron chi connectivity index (χ2n) is 4.33. The molecule has 2 aromatic carbocycles. The van der Waals surface area contributed by atoms with Crippen molar-refractivity contribution in [3.05, 3.63) is 61.0 Å². The number of hydrogen-bond acceptors (Lipinski definition) is 2. The van der Waals surface area contributed by atoms with E-state index in [0.29, 0.717) is 6.04 Å². The molecule has 0 aliphatic heterocycles. The van der Waals surface area contributed by atoms with Crippen molar-refractivity contribution >= 4 is 17.1 Å². The van der Waals surface area contributed by atoms with E-state index in [1.165, 1.54) is 0 Å². The zero-order valence-electron chi connectivity index (χ0n) is 10.9. The van der Waals surface area contributed by atoms with Crippen molar-refractivity contribution in [2.45, 2.75) is 19.9 Å². The summed E-state index contributed by atoms with van der Waals surface area (Å²) in [7, 11) is 0. The predicted molar refractivity (Wildman–Crippen MR) is 79.2 cm³/mol. The molecule has 1 unspecified atom stereocenters. The number of para-hydroxylation sites is 1. The molecule has 0 saturated heterocycles. The summed E-state index contributed by atoms with van der Waals surface area (Å²) in [6, 6.07) is 18.9. The summed E-state index contributed by atoms with van der Waals surface area (Å²) in [5.74, 6) is 0. The fourth-order valence-corrected chi connectivity index (χ4v) is 1.68. The molecule has 2 nitrogen and oxygen atoms in total. The average molecular weight is 239 g/mol. The number of rotatable bonds is 5. The summed E-state index contributed by atoms with van der Waals surface area (Å²) in [5, 5.41) is 6.76. The lowest BCUT2D eigenvalue weighted by Crippen LogP contribution is -2.13. The van der Waals surface area contributed by atoms with Crippen LogP contribution in [0.2, 0.25) is 0 Å². The average Bonchev–Trinajstić information content (AvgIpc) is 2.42. The van der Waals surface area contributed by atoms with E-state index in [9.17, 15) is 0 Å². The van der Waals surface area contributed by atoms with Crippen molar-refractivity contribution in [1.82, 2.24) is 0 Å². The van der Waals surface area contributed by atoms with Gasteiger partial charge in [0.1, 0.15) is 0 Å². The van der Waals surface area contributed by atoms with Crippen LogP contribution in [0, 0.1) is 6.42 Å². The van der Waals surface area contributed by atoms with Crippen LogP contribution < -0.4 is 10.6 Å². The van der Waals surface area contributed by atoms with E-state index >= 15 is 0 Å². The number of hydrogen-bond donors (Lipinski definition) is 2. The van der Waals surface area contributed by atoms with Crippen LogP contribution in [-0.2, 0) is 0 Å². The molecule has 0 saturated carbocycles. The summed E-state index contributed by atoms with van der Waals surface area (Å²) >= 11 is 0. The lowest BCUT2D eigenvalue weighted by atomic mass is 10.2. The predicted octanol–water partition coefficient (Wildman–Crippen LogP) is 4.45. The topological polar surface area (TPSA) is 24.1 Å². The van der Waals surface area contributed by atoms with Crippen molar-refractivity contribution in [2.24, 2.45) is 0 Å². The Kier molecular flexibility index (Phi) is 4.24. The van der Waals surface area contributed by atoms with Crippen LogP contribution in [0.3, 0.4) is 0 Å². The Hall–Kier alpha value is -1.96. The van der Waals surface area contributed by atoms with Gasteiger partial charge in [0.2, 0.25) is 0 Å². The minimum absolute atomic E-state index is 0.387. The molecule has 93 valence electrons. The maximum atomic E-state index is 3.40. The van der Waals surface area contributed by atoms with Gasteiger partial charge in [-0.2, -0.15) is 0 Å². The first kappa shape index (κ1) is 12.5. The van der Waals surface area contributed by atoms with Crippen molar-refractivity contribution in [3.8, 4) is 0 Å². The minimum Gasteiger partial charge on any atom is -0.382 e. The Bertz CT molecular complexity index is 462. The van der Waals surface area contributed by atoms with Crippen LogP contribution in [0.4, 0.5) is 17.1 Å². The Morgan fingerprint density at radius 1 is 0.833 bits per heavy atom. The van der Waals surface area contributed by atoms with Crippen molar-refractivity contribution in [3.63, 3.8) is 0 Å². The molecular formula is C16H19N2. The standard InChI is InChI=1S/C16H19N2/c1-3-13(2)17-15-9-11-16(12-10-15)18-14-7-5-4-6-8-14/h3-13,17-18H,1-2H3. The van der Waals surface area contributed by atoms with Crippen molar-refractivity contribution in [1.29, 1.82) is 0 Å². The van der Waals surface area contributed by atoms with Gasteiger partial charge >= 0.3 is 0 Å². The monoisotopic (exact) mass is 239 g/mol. The molecule has 2 heteroatoms. The molecule has 2 rings (SSSR count). The zero-order chi connectivity index (χ0) is 12.8. The van der Waals surface area contributed by atoms with Gasteiger partial charge in [0.25, 0.3) is 0 Å². The molecule has 0 spiro atoms. The number of anilines is 3. The highest BCUT2D eigenvalue weighted by atomic mass is 14.9. The lowest BCUT2D eigenvalue weighted by Gasteiger charge is -2.13. The van der Waals surface area contributed by atoms with Gasteiger partial charge in [0.15, 0.2) is 0 Å². The molecule has 0 aliphatic rings. The van der Waals surface area contributed by atoms with E-state index in [0.717, 1.165) is 17.1 Å². The molecule has 0 amide bonds. The van der Waals surface area contributed by atoms with E-state index in [2.05, 4.69) is 67.3 Å². The van der Waals surface area contributed by atoms with Crippen LogP contribution in [0.1, 0.15) is 13.8 Å². The van der Waals surface area contributed by atoms with Gasteiger partial charge in [-0.1, -0.05) is 25.1 Å². The second-order valence-corrected chi connectivity index (χ2v) is 4.33. The number of benzene rings is 2. The van der Waals surface area contributed by atoms with E-state index in [1.807, 2.05) is 18.2 Å². The molecule has 0 bridgehead atoms. The molecule has 0 aliphatic carbocycles. The fraction of sp³-hybridized carbons (Fsp3) is 0.188. The van der Waals surface area contributed by atoms with Crippen LogP contribution in [0.15, 0.2) is 54.6 Å². The van der Waals surface area contributed by atoms with E-state index in [-0.39, 0.29) is 0 Å². The molecule has 0 fully saturated rings. The minimum atomic E-state index is 0.387. The molecule has 0 aromatic heterocycles. The third-order valence-electron chi connectivity index (χ3n) is 2.84.